The van der Waals surface area contributed by atoms with E-state index in [2.05, 4.69) is 151 Å². The Labute approximate surface area is 456 Å². The van der Waals surface area contributed by atoms with E-state index in [0.717, 1.165) is 126 Å². The van der Waals surface area contributed by atoms with Gasteiger partial charge in [0, 0.05) is 62.7 Å². The van der Waals surface area contributed by atoms with Crippen molar-refractivity contribution in [3.63, 3.8) is 0 Å². The van der Waals surface area contributed by atoms with Gasteiger partial charge in [-0.05, 0) is 93.5 Å². The lowest BCUT2D eigenvalue weighted by Gasteiger charge is -2.35. The van der Waals surface area contributed by atoms with Gasteiger partial charge in [0.2, 0.25) is 0 Å². The third-order valence-electron chi connectivity index (χ3n) is 15.6. The second kappa shape index (κ2) is 25.2. The number of hydrogen-bond acceptors (Lipinski definition) is 12. The van der Waals surface area contributed by atoms with Crippen molar-refractivity contribution in [2.24, 2.45) is 10.8 Å². The average Bonchev–Trinajstić information content (AvgIpc) is 4.18. The van der Waals surface area contributed by atoms with Crippen molar-refractivity contribution < 1.29 is 28.9 Å². The first-order chi connectivity index (χ1) is 36.7. The number of nitrogens with two attached hydrogens (primary N) is 1. The zero-order valence-corrected chi connectivity index (χ0v) is 48.0. The van der Waals surface area contributed by atoms with E-state index in [1.54, 1.807) is 17.1 Å². The van der Waals surface area contributed by atoms with Gasteiger partial charge in [0.25, 0.3) is 5.91 Å². The van der Waals surface area contributed by atoms with Crippen LogP contribution in [0.15, 0.2) is 85.5 Å². The number of H-pyrrole nitrogens is 1. The summed E-state index contributed by atoms with van der Waals surface area (Å²) in [4.78, 5) is 29.2. The third-order valence-corrected chi connectivity index (χ3v) is 17.3. The lowest BCUT2D eigenvalue weighted by atomic mass is 9.76. The summed E-state index contributed by atoms with van der Waals surface area (Å²) >= 11 is 0. The number of carbonyl (C=O) groups is 2. The predicted molar refractivity (Wildman–Crippen MR) is 303 cm³/mol. The summed E-state index contributed by atoms with van der Waals surface area (Å²) in [6.07, 6.45) is 14.7. The molecule has 0 spiro atoms. The molecule has 0 saturated carbocycles. The van der Waals surface area contributed by atoms with Gasteiger partial charge in [-0.1, -0.05) is 108 Å². The SMILES string of the molecule is CC1(C)CCc2c(C(=O)O)nn(COCC[Si](C)(C)C)c2C1.CN(CCC(c1ccccc1)n1cc(N)cn1)C1COC1.CN(CCC(c1ccccc1)n1cc(NC(=O)c2n[nH]c3c2CCC(C)(C)C3)cn1)C1COC1. The molecule has 18 nitrogen and oxygen atoms in total. The predicted octanol–water partition coefficient (Wildman–Crippen LogP) is 8.87. The monoisotopic (exact) mass is 1070 g/mol. The molecule has 0 radical (unpaired) electrons. The van der Waals surface area contributed by atoms with Crippen molar-refractivity contribution in [2.75, 3.05) is 71.3 Å². The van der Waals surface area contributed by atoms with E-state index in [-0.39, 0.29) is 34.5 Å². The number of aromatic nitrogens is 8. The first-order valence-corrected chi connectivity index (χ1v) is 31.2. The molecule has 2 aliphatic carbocycles. The number of aromatic carboxylic acids is 1. The summed E-state index contributed by atoms with van der Waals surface area (Å²) in [6, 6.07) is 23.3. The Balaban J connectivity index is 0.000000160. The molecule has 19 heteroatoms. The largest absolute Gasteiger partial charge is 0.476 e. The van der Waals surface area contributed by atoms with Gasteiger partial charge in [0.05, 0.1) is 74.4 Å². The highest BCUT2D eigenvalue weighted by atomic mass is 28.3. The number of anilines is 2. The van der Waals surface area contributed by atoms with E-state index in [9.17, 15) is 14.7 Å². The van der Waals surface area contributed by atoms with Crippen LogP contribution >= 0.6 is 0 Å². The van der Waals surface area contributed by atoms with Crippen LogP contribution in [0.5, 0.6) is 0 Å². The number of carbonyl (C=O) groups excluding carboxylic acids is 1. The number of carboxylic acids is 1. The minimum Gasteiger partial charge on any atom is -0.476 e. The van der Waals surface area contributed by atoms with Crippen molar-refractivity contribution in [1.29, 1.82) is 0 Å². The Bertz CT molecular complexity index is 2840. The second-order valence-electron chi connectivity index (χ2n) is 24.3. The number of nitrogen functional groups attached to an aromatic ring is 1. The van der Waals surface area contributed by atoms with Gasteiger partial charge in [0.1, 0.15) is 6.73 Å². The van der Waals surface area contributed by atoms with E-state index < -0.39 is 14.0 Å². The van der Waals surface area contributed by atoms with Crippen LogP contribution in [0.4, 0.5) is 11.4 Å². The molecule has 4 aliphatic rings. The molecule has 10 rings (SSSR count). The summed E-state index contributed by atoms with van der Waals surface area (Å²) in [7, 11) is 3.20. The van der Waals surface area contributed by atoms with Crippen LogP contribution < -0.4 is 11.1 Å². The lowest BCUT2D eigenvalue weighted by Crippen LogP contribution is -2.47. The smallest absolute Gasteiger partial charge is 0.356 e. The number of benzene rings is 2. The van der Waals surface area contributed by atoms with E-state index in [1.807, 2.05) is 33.9 Å². The van der Waals surface area contributed by atoms with E-state index in [0.29, 0.717) is 35.9 Å². The van der Waals surface area contributed by atoms with Gasteiger partial charge in [-0.25, -0.2) is 9.48 Å². The average molecular weight is 1070 g/mol. The molecule has 2 atom stereocenters. The lowest BCUT2D eigenvalue weighted by molar-refractivity contribution is -0.0567. The molecule has 2 aromatic carbocycles. The first kappa shape index (κ1) is 57.2. The van der Waals surface area contributed by atoms with Crippen LogP contribution in [-0.2, 0) is 46.6 Å². The van der Waals surface area contributed by atoms with E-state index in [1.165, 1.54) is 11.1 Å². The number of aromatic amines is 1. The topological polar surface area (TPSA) is 209 Å². The second-order valence-corrected chi connectivity index (χ2v) is 30.0. The van der Waals surface area contributed by atoms with Crippen molar-refractivity contribution >= 4 is 31.3 Å². The maximum Gasteiger partial charge on any atom is 0.356 e. The normalized spacial score (nSPS) is 17.6. The first-order valence-electron chi connectivity index (χ1n) is 27.5. The fourth-order valence-corrected chi connectivity index (χ4v) is 11.1. The summed E-state index contributed by atoms with van der Waals surface area (Å²) in [6.45, 7) is 22.2. The Morgan fingerprint density at radius 1 is 0.805 bits per heavy atom. The number of fused-ring (bicyclic) bond motifs is 2. The molecule has 77 heavy (non-hydrogen) atoms. The maximum absolute atomic E-state index is 13.0. The molecule has 1 amide bonds. The van der Waals surface area contributed by atoms with E-state index in [4.69, 9.17) is 19.9 Å². The van der Waals surface area contributed by atoms with Crippen molar-refractivity contribution in [1.82, 2.24) is 49.3 Å². The van der Waals surface area contributed by atoms with Gasteiger partial charge < -0.3 is 30.4 Å². The zero-order chi connectivity index (χ0) is 54.9. The van der Waals surface area contributed by atoms with Gasteiger partial charge in [-0.2, -0.15) is 20.4 Å². The minimum absolute atomic E-state index is 0.0793. The molecule has 4 aromatic heterocycles. The van der Waals surface area contributed by atoms with Crippen LogP contribution in [0.3, 0.4) is 0 Å². The molecule has 6 aromatic rings. The molecule has 416 valence electrons. The number of carboxylic acid groups (broad SMARTS) is 1. The Kier molecular flexibility index (Phi) is 18.7. The van der Waals surface area contributed by atoms with Crippen LogP contribution in [0.25, 0.3) is 0 Å². The number of ether oxygens (including phenoxy) is 3. The van der Waals surface area contributed by atoms with Crippen molar-refractivity contribution in [2.45, 2.75) is 136 Å². The maximum atomic E-state index is 13.0. The fourth-order valence-electron chi connectivity index (χ4n) is 10.4. The van der Waals surface area contributed by atoms with Crippen LogP contribution in [0.1, 0.15) is 120 Å². The standard InChI is InChI=1S/C26H34N6O2.C16H22N4O.C16H28N2O3Si/c1-26(2)11-9-21-22(13-26)29-30-24(21)25(33)28-19-14-27-32(15-19)23(18-7-5-4-6-8-18)10-12-31(3)20-16-34-17-20;1-19(15-11-21-12-15)8-7-16(13-5-3-2-4-6-13)20-10-14(17)9-18-20;1-16(2)7-6-12-13(10-16)18(17-14(12)15(19)20)11-21-8-9-22(3,4)5/h4-8,14-15,20,23H,9-13,16-17H2,1-3H3,(H,28,33)(H,29,30);2-6,9-10,15-16H,7-8,11-12,17H2,1H3;6-11H2,1-5H3,(H,19,20). The summed E-state index contributed by atoms with van der Waals surface area (Å²) in [5.74, 6) is -1.12. The number of likely N-dealkylation sites (N-methyl/N-ethyl adjacent to an activating group) is 2. The summed E-state index contributed by atoms with van der Waals surface area (Å²) < 4.78 is 22.1. The quantitative estimate of drug-likeness (QED) is 0.0417. The number of amides is 1. The number of hydrogen-bond donors (Lipinski definition) is 4. The molecular formula is C58H84N12O6Si. The van der Waals surface area contributed by atoms with Crippen LogP contribution in [-0.4, -0.2) is 147 Å². The van der Waals surface area contributed by atoms with E-state index >= 15 is 0 Å². The van der Waals surface area contributed by atoms with Crippen LogP contribution in [0, 0.1) is 10.8 Å². The molecular weight excluding hydrogens is 989 g/mol. The van der Waals surface area contributed by atoms with Gasteiger partial charge in [-0.15, -0.1) is 0 Å². The van der Waals surface area contributed by atoms with Gasteiger partial charge >= 0.3 is 5.97 Å². The van der Waals surface area contributed by atoms with Crippen LogP contribution in [0.2, 0.25) is 25.7 Å². The highest BCUT2D eigenvalue weighted by Crippen LogP contribution is 2.37. The fraction of sp³-hybridized carbons (Fsp3) is 0.552. The molecule has 2 saturated heterocycles. The molecule has 5 N–H and O–H groups in total. The molecule has 2 unspecified atom stereocenters. The summed E-state index contributed by atoms with van der Waals surface area (Å²) in [5.41, 5.74) is 14.9. The van der Waals surface area contributed by atoms with Gasteiger partial charge in [-0.3, -0.25) is 29.1 Å². The zero-order valence-electron chi connectivity index (χ0n) is 47.0. The molecule has 6 heterocycles. The Morgan fingerprint density at radius 2 is 1.35 bits per heavy atom. The van der Waals surface area contributed by atoms with Gasteiger partial charge in [0.15, 0.2) is 11.4 Å². The Hall–Kier alpha value is -5.96. The van der Waals surface area contributed by atoms with Crippen molar-refractivity contribution in [3.8, 4) is 0 Å². The number of nitrogens with one attached hydrogen (secondary N) is 2. The molecule has 2 aliphatic heterocycles. The Morgan fingerprint density at radius 3 is 1.87 bits per heavy atom. The molecule has 0 bridgehead atoms. The highest BCUT2D eigenvalue weighted by Gasteiger charge is 2.34. The third kappa shape index (κ3) is 15.4. The number of nitrogens with zero attached hydrogens (tertiary/aromatic N) is 9. The summed E-state index contributed by atoms with van der Waals surface area (Å²) in [5, 5.41) is 33.1. The number of rotatable bonds is 20. The van der Waals surface area contributed by atoms with Crippen molar-refractivity contribution in [3.05, 3.63) is 130 Å². The highest BCUT2D eigenvalue weighted by molar-refractivity contribution is 6.76. The minimum atomic E-state index is -1.11. The molecule has 2 fully saturated rings.